The molecule has 0 bridgehead atoms. The first kappa shape index (κ1) is 20.8. The van der Waals surface area contributed by atoms with E-state index in [-0.39, 0.29) is 11.9 Å². The minimum atomic E-state index is -0.199. The van der Waals surface area contributed by atoms with Gasteiger partial charge in [0, 0.05) is 29.9 Å². The van der Waals surface area contributed by atoms with E-state index in [1.54, 1.807) is 24.3 Å². The van der Waals surface area contributed by atoms with Gasteiger partial charge in [-0.1, -0.05) is 24.5 Å². The maximum Gasteiger partial charge on any atom is 0.321 e. The number of urea groups is 1. The fourth-order valence-corrected chi connectivity index (χ4v) is 3.93. The normalized spacial score (nSPS) is 14.2. The lowest BCUT2D eigenvalue weighted by atomic mass is 10.1. The number of nitrogens with zero attached hydrogens (tertiary/aromatic N) is 2. The molecule has 1 aliphatic heterocycles. The zero-order valence-corrected chi connectivity index (χ0v) is 18.1. The van der Waals surface area contributed by atoms with Crippen LogP contribution in [0.1, 0.15) is 47.3 Å². The Labute approximate surface area is 182 Å². The molecule has 6 heteroatoms. The molecule has 0 spiro atoms. The number of rotatable bonds is 3. The van der Waals surface area contributed by atoms with Crippen molar-refractivity contribution in [3.63, 3.8) is 0 Å². The van der Waals surface area contributed by atoms with Crippen LogP contribution >= 0.6 is 0 Å². The van der Waals surface area contributed by atoms with Gasteiger partial charge in [0.1, 0.15) is 0 Å². The van der Waals surface area contributed by atoms with Crippen LogP contribution in [0.5, 0.6) is 0 Å². The van der Waals surface area contributed by atoms with Gasteiger partial charge in [-0.3, -0.25) is 9.78 Å². The lowest BCUT2D eigenvalue weighted by Gasteiger charge is -2.20. The van der Waals surface area contributed by atoms with Crippen LogP contribution < -0.4 is 10.6 Å². The molecule has 1 aromatic heterocycles. The Morgan fingerprint density at radius 3 is 2.16 bits per heavy atom. The summed E-state index contributed by atoms with van der Waals surface area (Å²) >= 11 is 0. The van der Waals surface area contributed by atoms with Crippen molar-refractivity contribution in [2.75, 3.05) is 23.7 Å². The number of hydrogen-bond acceptors (Lipinski definition) is 3. The van der Waals surface area contributed by atoms with Gasteiger partial charge in [-0.2, -0.15) is 0 Å². The molecule has 0 unspecified atom stereocenters. The molecule has 1 fully saturated rings. The van der Waals surface area contributed by atoms with E-state index in [0.29, 0.717) is 22.6 Å². The number of likely N-dealkylation sites (tertiary alicyclic amines) is 1. The SMILES string of the molecule is Cc1ccc2nc(C)c(C(=O)Nc3ccc(NC(=O)N4CCCCCC4)cc3)cc2c1. The third kappa shape index (κ3) is 5.02. The van der Waals surface area contributed by atoms with Crippen molar-refractivity contribution < 1.29 is 9.59 Å². The Morgan fingerprint density at radius 2 is 1.48 bits per heavy atom. The average Bonchev–Trinajstić information content (AvgIpc) is 3.04. The van der Waals surface area contributed by atoms with E-state index in [1.807, 2.05) is 43.0 Å². The number of benzene rings is 2. The van der Waals surface area contributed by atoms with Crippen molar-refractivity contribution in [2.24, 2.45) is 0 Å². The summed E-state index contributed by atoms with van der Waals surface area (Å²) in [7, 11) is 0. The van der Waals surface area contributed by atoms with E-state index in [9.17, 15) is 9.59 Å². The number of pyridine rings is 1. The number of aryl methyl sites for hydroxylation is 2. The van der Waals surface area contributed by atoms with Crippen LogP contribution in [0.4, 0.5) is 16.2 Å². The molecule has 31 heavy (non-hydrogen) atoms. The van der Waals surface area contributed by atoms with E-state index in [4.69, 9.17) is 0 Å². The highest BCUT2D eigenvalue weighted by Crippen LogP contribution is 2.20. The highest BCUT2D eigenvalue weighted by Gasteiger charge is 2.16. The number of nitrogens with one attached hydrogen (secondary N) is 2. The van der Waals surface area contributed by atoms with Crippen LogP contribution in [-0.2, 0) is 0 Å². The summed E-state index contributed by atoms with van der Waals surface area (Å²) in [5, 5.41) is 6.83. The summed E-state index contributed by atoms with van der Waals surface area (Å²) < 4.78 is 0. The summed E-state index contributed by atoms with van der Waals surface area (Å²) in [5.74, 6) is -0.199. The van der Waals surface area contributed by atoms with Gasteiger partial charge in [-0.15, -0.1) is 0 Å². The first-order chi connectivity index (χ1) is 15.0. The maximum absolute atomic E-state index is 12.8. The second-order valence-electron chi connectivity index (χ2n) is 8.18. The minimum absolute atomic E-state index is 0.0631. The van der Waals surface area contributed by atoms with E-state index >= 15 is 0 Å². The Kier molecular flexibility index (Phi) is 6.16. The van der Waals surface area contributed by atoms with Gasteiger partial charge >= 0.3 is 6.03 Å². The number of aromatic nitrogens is 1. The Balaban J connectivity index is 1.43. The van der Waals surface area contributed by atoms with Gasteiger partial charge in [0.15, 0.2) is 0 Å². The summed E-state index contributed by atoms with van der Waals surface area (Å²) in [6, 6.07) is 15.0. The van der Waals surface area contributed by atoms with Crippen molar-refractivity contribution in [3.05, 3.63) is 65.4 Å². The topological polar surface area (TPSA) is 74.3 Å². The number of amides is 3. The first-order valence-corrected chi connectivity index (χ1v) is 10.8. The highest BCUT2D eigenvalue weighted by atomic mass is 16.2. The number of anilines is 2. The van der Waals surface area contributed by atoms with Gasteiger partial charge in [0.05, 0.1) is 16.8 Å². The minimum Gasteiger partial charge on any atom is -0.325 e. The number of hydrogen-bond donors (Lipinski definition) is 2. The van der Waals surface area contributed by atoms with Crippen LogP contribution in [0.3, 0.4) is 0 Å². The van der Waals surface area contributed by atoms with Crippen molar-refractivity contribution in [2.45, 2.75) is 39.5 Å². The molecule has 3 amide bonds. The fourth-order valence-electron chi connectivity index (χ4n) is 3.93. The van der Waals surface area contributed by atoms with Crippen molar-refractivity contribution in [1.29, 1.82) is 0 Å². The zero-order valence-electron chi connectivity index (χ0n) is 18.1. The number of fused-ring (bicyclic) bond motifs is 1. The predicted octanol–water partition coefficient (Wildman–Crippen LogP) is 5.51. The Hall–Kier alpha value is -3.41. The summed E-state index contributed by atoms with van der Waals surface area (Å²) in [6.07, 6.45) is 4.48. The molecule has 160 valence electrons. The molecule has 0 saturated carbocycles. The molecule has 0 aliphatic carbocycles. The third-order valence-corrected chi connectivity index (χ3v) is 5.69. The second kappa shape index (κ2) is 9.16. The van der Waals surface area contributed by atoms with Gasteiger partial charge < -0.3 is 15.5 Å². The molecule has 6 nitrogen and oxygen atoms in total. The standard InChI is InChI=1S/C25H28N4O2/c1-17-7-12-23-19(15-17)16-22(18(2)26-23)24(30)27-20-8-10-21(11-9-20)28-25(31)29-13-5-3-4-6-14-29/h7-12,15-16H,3-6,13-14H2,1-2H3,(H,27,30)(H,28,31). The molecule has 3 aromatic rings. The van der Waals surface area contributed by atoms with Crippen LogP contribution in [0, 0.1) is 13.8 Å². The molecule has 2 aromatic carbocycles. The largest absolute Gasteiger partial charge is 0.325 e. The Morgan fingerprint density at radius 1 is 0.839 bits per heavy atom. The third-order valence-electron chi connectivity index (χ3n) is 5.69. The number of carbonyl (C=O) groups excluding carboxylic acids is 2. The molecule has 4 rings (SSSR count). The van der Waals surface area contributed by atoms with E-state index in [2.05, 4.69) is 15.6 Å². The van der Waals surface area contributed by atoms with Gasteiger partial charge in [0.2, 0.25) is 0 Å². The molecule has 2 heterocycles. The molecule has 0 radical (unpaired) electrons. The van der Waals surface area contributed by atoms with Gasteiger partial charge in [-0.05, 0) is 69.2 Å². The number of carbonyl (C=O) groups is 2. The lowest BCUT2D eigenvalue weighted by Crippen LogP contribution is -2.35. The molecule has 2 N–H and O–H groups in total. The summed E-state index contributed by atoms with van der Waals surface area (Å²) in [4.78, 5) is 31.8. The van der Waals surface area contributed by atoms with Crippen LogP contribution in [0.15, 0.2) is 48.5 Å². The molecular weight excluding hydrogens is 388 g/mol. The van der Waals surface area contributed by atoms with E-state index in [0.717, 1.165) is 42.4 Å². The van der Waals surface area contributed by atoms with Crippen LogP contribution in [-0.4, -0.2) is 34.9 Å². The highest BCUT2D eigenvalue weighted by molar-refractivity contribution is 6.07. The molecule has 1 saturated heterocycles. The smallest absolute Gasteiger partial charge is 0.321 e. The maximum atomic E-state index is 12.8. The van der Waals surface area contributed by atoms with E-state index < -0.39 is 0 Å². The molecular formula is C25H28N4O2. The Bertz CT molecular complexity index is 1100. The predicted molar refractivity (Wildman–Crippen MR) is 125 cm³/mol. The van der Waals surface area contributed by atoms with Gasteiger partial charge in [0.25, 0.3) is 5.91 Å². The summed E-state index contributed by atoms with van der Waals surface area (Å²) in [6.45, 7) is 5.47. The summed E-state index contributed by atoms with van der Waals surface area (Å²) in [5.41, 5.74) is 4.63. The first-order valence-electron chi connectivity index (χ1n) is 10.8. The van der Waals surface area contributed by atoms with E-state index in [1.165, 1.54) is 12.8 Å². The van der Waals surface area contributed by atoms with Crippen molar-refractivity contribution >= 4 is 34.2 Å². The van der Waals surface area contributed by atoms with Crippen molar-refractivity contribution in [3.8, 4) is 0 Å². The quantitative estimate of drug-likeness (QED) is 0.591. The van der Waals surface area contributed by atoms with Crippen LogP contribution in [0.25, 0.3) is 10.9 Å². The molecule has 0 atom stereocenters. The lowest BCUT2D eigenvalue weighted by molar-refractivity contribution is 0.102. The average molecular weight is 417 g/mol. The monoisotopic (exact) mass is 416 g/mol. The fraction of sp³-hybridized carbons (Fsp3) is 0.320. The second-order valence-corrected chi connectivity index (χ2v) is 8.18. The van der Waals surface area contributed by atoms with Crippen LogP contribution in [0.2, 0.25) is 0 Å². The van der Waals surface area contributed by atoms with Crippen molar-refractivity contribution in [1.82, 2.24) is 9.88 Å². The zero-order chi connectivity index (χ0) is 21.8. The molecule has 1 aliphatic rings. The van der Waals surface area contributed by atoms with Gasteiger partial charge in [-0.25, -0.2) is 4.79 Å².